The molecule has 0 amide bonds. The van der Waals surface area contributed by atoms with E-state index in [2.05, 4.69) is 18.5 Å². The number of rotatable bonds is 5. The highest BCUT2D eigenvalue weighted by atomic mass is 35.5. The molecule has 1 fully saturated rings. The topological polar surface area (TPSA) is 12.0 Å². The standard InChI is InChI=1S/C15H21Cl2NS/c1-11(12-5-6-13(16)14(17)9-12)18-10-15(19-2)7-3-4-8-15/h5-6,9,11,18H,3-4,7-8,10H2,1-2H3. The summed E-state index contributed by atoms with van der Waals surface area (Å²) in [6.45, 7) is 3.25. The zero-order valence-corrected chi connectivity index (χ0v) is 13.8. The molecule has 1 unspecified atom stereocenters. The first-order valence-corrected chi connectivity index (χ1v) is 8.78. The smallest absolute Gasteiger partial charge is 0.0595 e. The first-order chi connectivity index (χ1) is 9.06. The molecule has 1 aliphatic carbocycles. The lowest BCUT2D eigenvalue weighted by Gasteiger charge is -2.29. The fraction of sp³-hybridized carbons (Fsp3) is 0.600. The molecule has 1 aromatic rings. The molecule has 1 nitrogen and oxygen atoms in total. The van der Waals surface area contributed by atoms with E-state index >= 15 is 0 Å². The van der Waals surface area contributed by atoms with Crippen LogP contribution in [0.4, 0.5) is 0 Å². The summed E-state index contributed by atoms with van der Waals surface area (Å²) in [4.78, 5) is 0. The minimum Gasteiger partial charge on any atom is -0.309 e. The molecule has 0 aromatic heterocycles. The Kier molecular flexibility index (Phi) is 5.47. The van der Waals surface area contributed by atoms with Gasteiger partial charge in [0, 0.05) is 17.3 Å². The SMILES string of the molecule is CSC1(CNC(C)c2ccc(Cl)c(Cl)c2)CCCC1. The first-order valence-electron chi connectivity index (χ1n) is 6.80. The predicted molar refractivity (Wildman–Crippen MR) is 87.6 cm³/mol. The van der Waals surface area contributed by atoms with Gasteiger partial charge in [0.2, 0.25) is 0 Å². The van der Waals surface area contributed by atoms with E-state index in [9.17, 15) is 0 Å². The third-order valence-electron chi connectivity index (χ3n) is 4.12. The average molecular weight is 318 g/mol. The molecule has 1 saturated carbocycles. The molecule has 0 aliphatic heterocycles. The monoisotopic (exact) mass is 317 g/mol. The molecule has 0 bridgehead atoms. The molecule has 0 spiro atoms. The van der Waals surface area contributed by atoms with Gasteiger partial charge in [0.15, 0.2) is 0 Å². The maximum absolute atomic E-state index is 6.08. The van der Waals surface area contributed by atoms with Gasteiger partial charge in [-0.2, -0.15) is 11.8 Å². The van der Waals surface area contributed by atoms with Gasteiger partial charge in [-0.05, 0) is 43.7 Å². The summed E-state index contributed by atoms with van der Waals surface area (Å²) in [5.41, 5.74) is 1.20. The Labute approximate surface area is 130 Å². The van der Waals surface area contributed by atoms with Gasteiger partial charge in [0.1, 0.15) is 0 Å². The number of nitrogens with one attached hydrogen (secondary N) is 1. The Balaban J connectivity index is 1.96. The van der Waals surface area contributed by atoms with E-state index in [0.717, 1.165) is 6.54 Å². The van der Waals surface area contributed by atoms with E-state index in [1.807, 2.05) is 30.0 Å². The molecule has 1 aromatic carbocycles. The van der Waals surface area contributed by atoms with Crippen LogP contribution in [0, 0.1) is 0 Å². The molecule has 0 saturated heterocycles. The fourth-order valence-electron chi connectivity index (χ4n) is 2.71. The fourth-order valence-corrected chi connectivity index (χ4v) is 3.94. The normalized spacial score (nSPS) is 19.6. The molecule has 2 rings (SSSR count). The number of halogens is 2. The number of benzene rings is 1. The Morgan fingerprint density at radius 2 is 1.95 bits per heavy atom. The lowest BCUT2D eigenvalue weighted by atomic mass is 10.0. The second kappa shape index (κ2) is 6.71. The number of hydrogen-bond donors (Lipinski definition) is 1. The molecule has 1 aliphatic rings. The van der Waals surface area contributed by atoms with Gasteiger partial charge in [-0.1, -0.05) is 42.1 Å². The zero-order chi connectivity index (χ0) is 13.9. The number of thioether (sulfide) groups is 1. The highest BCUT2D eigenvalue weighted by Crippen LogP contribution is 2.40. The van der Waals surface area contributed by atoms with Crippen LogP contribution >= 0.6 is 35.0 Å². The van der Waals surface area contributed by atoms with Crippen molar-refractivity contribution >= 4 is 35.0 Å². The Morgan fingerprint density at radius 3 is 2.53 bits per heavy atom. The van der Waals surface area contributed by atoms with E-state index in [1.54, 1.807) is 0 Å². The second-order valence-corrected chi connectivity index (χ2v) is 7.46. The van der Waals surface area contributed by atoms with E-state index < -0.39 is 0 Å². The highest BCUT2D eigenvalue weighted by Gasteiger charge is 2.32. The van der Waals surface area contributed by atoms with Crippen molar-refractivity contribution in [3.05, 3.63) is 33.8 Å². The summed E-state index contributed by atoms with van der Waals surface area (Å²) >= 11 is 14.0. The second-order valence-electron chi connectivity index (χ2n) is 5.37. The van der Waals surface area contributed by atoms with Crippen LogP contribution in [0.15, 0.2) is 18.2 Å². The molecule has 1 atom stereocenters. The van der Waals surface area contributed by atoms with Crippen LogP contribution in [0.2, 0.25) is 10.0 Å². The zero-order valence-electron chi connectivity index (χ0n) is 11.5. The minimum atomic E-state index is 0.305. The van der Waals surface area contributed by atoms with E-state index in [0.29, 0.717) is 20.8 Å². The van der Waals surface area contributed by atoms with Gasteiger partial charge in [0.05, 0.1) is 10.0 Å². The lowest BCUT2D eigenvalue weighted by molar-refractivity contribution is 0.486. The van der Waals surface area contributed by atoms with E-state index in [1.165, 1.54) is 31.2 Å². The summed E-state index contributed by atoms with van der Waals surface area (Å²) < 4.78 is 0.435. The maximum Gasteiger partial charge on any atom is 0.0595 e. The Morgan fingerprint density at radius 1 is 1.26 bits per heavy atom. The van der Waals surface area contributed by atoms with Gasteiger partial charge in [-0.25, -0.2) is 0 Å². The van der Waals surface area contributed by atoms with Gasteiger partial charge in [0.25, 0.3) is 0 Å². The summed E-state index contributed by atoms with van der Waals surface area (Å²) in [5.74, 6) is 0. The minimum absolute atomic E-state index is 0.305. The van der Waals surface area contributed by atoms with Gasteiger partial charge in [-0.15, -0.1) is 0 Å². The highest BCUT2D eigenvalue weighted by molar-refractivity contribution is 8.00. The van der Waals surface area contributed by atoms with Crippen molar-refractivity contribution in [1.82, 2.24) is 5.32 Å². The van der Waals surface area contributed by atoms with Gasteiger partial charge >= 0.3 is 0 Å². The van der Waals surface area contributed by atoms with Crippen LogP contribution < -0.4 is 5.32 Å². The maximum atomic E-state index is 6.08. The van der Waals surface area contributed by atoms with Crippen molar-refractivity contribution in [3.8, 4) is 0 Å². The van der Waals surface area contributed by atoms with Crippen molar-refractivity contribution in [3.63, 3.8) is 0 Å². The molecule has 4 heteroatoms. The quantitative estimate of drug-likeness (QED) is 0.788. The van der Waals surface area contributed by atoms with Crippen molar-refractivity contribution in [2.24, 2.45) is 0 Å². The Bertz CT molecular complexity index is 430. The summed E-state index contributed by atoms with van der Waals surface area (Å²) in [7, 11) is 0. The van der Waals surface area contributed by atoms with Crippen molar-refractivity contribution in [2.75, 3.05) is 12.8 Å². The van der Waals surface area contributed by atoms with Crippen molar-refractivity contribution in [1.29, 1.82) is 0 Å². The molecule has 106 valence electrons. The third kappa shape index (κ3) is 3.81. The van der Waals surface area contributed by atoms with E-state index in [4.69, 9.17) is 23.2 Å². The molecule has 0 heterocycles. The van der Waals surface area contributed by atoms with Gasteiger partial charge in [-0.3, -0.25) is 0 Å². The van der Waals surface area contributed by atoms with Crippen molar-refractivity contribution < 1.29 is 0 Å². The summed E-state index contributed by atoms with van der Waals surface area (Å²) in [5, 5.41) is 4.91. The van der Waals surface area contributed by atoms with Crippen LogP contribution in [-0.4, -0.2) is 17.5 Å². The van der Waals surface area contributed by atoms with Crippen LogP contribution in [0.25, 0.3) is 0 Å². The first kappa shape index (κ1) is 15.5. The van der Waals surface area contributed by atoms with E-state index in [-0.39, 0.29) is 0 Å². The largest absolute Gasteiger partial charge is 0.309 e. The predicted octanol–water partition coefficient (Wildman–Crippen LogP) is 5.32. The Hall–Kier alpha value is 0.110. The molecule has 1 N–H and O–H groups in total. The number of hydrogen-bond acceptors (Lipinski definition) is 2. The van der Waals surface area contributed by atoms with Gasteiger partial charge < -0.3 is 5.32 Å². The van der Waals surface area contributed by atoms with Crippen LogP contribution in [0.3, 0.4) is 0 Å². The van der Waals surface area contributed by atoms with Crippen molar-refractivity contribution in [2.45, 2.75) is 43.4 Å². The third-order valence-corrected chi connectivity index (χ3v) is 6.28. The van der Waals surface area contributed by atoms with Crippen LogP contribution in [0.1, 0.15) is 44.2 Å². The summed E-state index contributed by atoms with van der Waals surface area (Å²) in [6.07, 6.45) is 7.62. The molecular weight excluding hydrogens is 297 g/mol. The molecular formula is C15H21Cl2NS. The average Bonchev–Trinajstić information content (AvgIpc) is 2.89. The molecule has 19 heavy (non-hydrogen) atoms. The van der Waals surface area contributed by atoms with Crippen LogP contribution in [0.5, 0.6) is 0 Å². The van der Waals surface area contributed by atoms with Crippen LogP contribution in [-0.2, 0) is 0 Å². The molecule has 0 radical (unpaired) electrons. The summed E-state index contributed by atoms with van der Waals surface area (Å²) in [6, 6.07) is 6.19. The lowest BCUT2D eigenvalue weighted by Crippen LogP contribution is -2.36.